The summed E-state index contributed by atoms with van der Waals surface area (Å²) in [7, 11) is 0. The summed E-state index contributed by atoms with van der Waals surface area (Å²) >= 11 is 0. The molecule has 2 fully saturated rings. The van der Waals surface area contributed by atoms with Gasteiger partial charge in [-0.05, 0) is 62.1 Å². The highest BCUT2D eigenvalue weighted by Crippen LogP contribution is 2.31. The molecule has 5 rings (SSSR count). The number of carbonyl (C=O) groups is 1. The first-order valence-corrected chi connectivity index (χ1v) is 11.3. The van der Waals surface area contributed by atoms with Gasteiger partial charge in [0.25, 0.3) is 5.91 Å². The first-order valence-electron chi connectivity index (χ1n) is 11.3. The number of hydrogen-bond acceptors (Lipinski definition) is 4. The maximum Gasteiger partial charge on any atom is 0.255 e. The molecule has 0 saturated heterocycles. The molecule has 0 aliphatic heterocycles. The van der Waals surface area contributed by atoms with Crippen molar-refractivity contribution < 1.29 is 9.63 Å². The van der Waals surface area contributed by atoms with Gasteiger partial charge in [0.05, 0.1) is 16.8 Å². The normalized spacial score (nSPS) is 21.7. The molecule has 0 atom stereocenters. The minimum absolute atomic E-state index is 0.0573. The maximum atomic E-state index is 12.8. The molecule has 31 heavy (non-hydrogen) atoms. The maximum absolute atomic E-state index is 12.8. The molecular formula is C25H28N4O2. The van der Waals surface area contributed by atoms with Crippen LogP contribution in [0.2, 0.25) is 0 Å². The summed E-state index contributed by atoms with van der Waals surface area (Å²) in [6, 6.07) is 14.3. The molecule has 2 aromatic heterocycles. The number of aromatic amines is 1. The summed E-state index contributed by atoms with van der Waals surface area (Å²) in [6.45, 7) is 0.723. The minimum atomic E-state index is -0.0573. The van der Waals surface area contributed by atoms with E-state index in [-0.39, 0.29) is 11.9 Å². The van der Waals surface area contributed by atoms with Gasteiger partial charge in [0.2, 0.25) is 0 Å². The molecule has 2 aliphatic carbocycles. The fraction of sp³-hybridized carbons (Fsp3) is 0.400. The van der Waals surface area contributed by atoms with Gasteiger partial charge in [-0.1, -0.05) is 35.5 Å². The zero-order valence-corrected chi connectivity index (χ0v) is 17.6. The van der Waals surface area contributed by atoms with Crippen molar-refractivity contribution in [1.82, 2.24) is 15.3 Å². The third-order valence-electron chi connectivity index (χ3n) is 6.37. The highest BCUT2D eigenvalue weighted by molar-refractivity contribution is 6.05. The lowest BCUT2D eigenvalue weighted by molar-refractivity contribution is 0.0926. The van der Waals surface area contributed by atoms with Gasteiger partial charge in [0.15, 0.2) is 0 Å². The number of aromatic nitrogens is 2. The van der Waals surface area contributed by atoms with Crippen molar-refractivity contribution >= 4 is 22.7 Å². The molecule has 0 unspecified atom stereocenters. The summed E-state index contributed by atoms with van der Waals surface area (Å²) in [5, 5.41) is 7.78. The fourth-order valence-electron chi connectivity index (χ4n) is 4.37. The Bertz CT molecular complexity index is 1060. The van der Waals surface area contributed by atoms with E-state index in [1.807, 2.05) is 30.3 Å². The van der Waals surface area contributed by atoms with E-state index in [1.165, 1.54) is 12.8 Å². The van der Waals surface area contributed by atoms with Crippen molar-refractivity contribution in [1.29, 1.82) is 0 Å². The SMILES string of the molecule is O=C(NC1CCC(/C(=N/OCC2CC2)c2ccccc2)CC1)c1c[nH]c2cccnc12. The summed E-state index contributed by atoms with van der Waals surface area (Å²) in [5.41, 5.74) is 4.39. The Hall–Kier alpha value is -3.15. The Morgan fingerprint density at radius 3 is 2.65 bits per heavy atom. The van der Waals surface area contributed by atoms with Gasteiger partial charge >= 0.3 is 0 Å². The second-order valence-electron chi connectivity index (χ2n) is 8.71. The molecular weight excluding hydrogens is 388 g/mol. The van der Waals surface area contributed by atoms with Gasteiger partial charge in [-0.2, -0.15) is 0 Å². The van der Waals surface area contributed by atoms with E-state index in [1.54, 1.807) is 12.4 Å². The number of carbonyl (C=O) groups excluding carboxylic acids is 1. The summed E-state index contributed by atoms with van der Waals surface area (Å²) in [5.74, 6) is 0.980. The predicted octanol–water partition coefficient (Wildman–Crippen LogP) is 4.68. The van der Waals surface area contributed by atoms with Crippen LogP contribution in [-0.2, 0) is 4.84 Å². The average molecular weight is 417 g/mol. The Balaban J connectivity index is 1.22. The van der Waals surface area contributed by atoms with Crippen molar-refractivity contribution in [3.63, 3.8) is 0 Å². The van der Waals surface area contributed by atoms with E-state index in [2.05, 4.69) is 32.6 Å². The number of pyridine rings is 1. The summed E-state index contributed by atoms with van der Waals surface area (Å²) in [6.07, 6.45) is 9.81. The zero-order chi connectivity index (χ0) is 21.0. The van der Waals surface area contributed by atoms with Crippen molar-refractivity contribution in [2.45, 2.75) is 44.6 Å². The topological polar surface area (TPSA) is 79.4 Å². The first kappa shape index (κ1) is 19.8. The van der Waals surface area contributed by atoms with Gasteiger partial charge in [0.1, 0.15) is 12.1 Å². The van der Waals surface area contributed by atoms with Crippen molar-refractivity contribution in [2.75, 3.05) is 6.61 Å². The summed E-state index contributed by atoms with van der Waals surface area (Å²) in [4.78, 5) is 26.0. The number of fused-ring (bicyclic) bond motifs is 1. The number of benzene rings is 1. The monoisotopic (exact) mass is 416 g/mol. The van der Waals surface area contributed by atoms with E-state index in [4.69, 9.17) is 4.84 Å². The van der Waals surface area contributed by atoms with Gasteiger partial charge in [-0.25, -0.2) is 0 Å². The molecule has 0 radical (unpaired) electrons. The first-order chi connectivity index (χ1) is 15.3. The number of rotatable bonds is 7. The number of amides is 1. The third-order valence-corrected chi connectivity index (χ3v) is 6.37. The molecule has 1 aromatic carbocycles. The minimum Gasteiger partial charge on any atom is -0.395 e. The largest absolute Gasteiger partial charge is 0.395 e. The Kier molecular flexibility index (Phi) is 5.69. The van der Waals surface area contributed by atoms with Crippen LogP contribution in [0.25, 0.3) is 11.0 Å². The van der Waals surface area contributed by atoms with Gasteiger partial charge in [-0.15, -0.1) is 0 Å². The van der Waals surface area contributed by atoms with E-state index >= 15 is 0 Å². The van der Waals surface area contributed by atoms with Gasteiger partial charge < -0.3 is 15.1 Å². The highest BCUT2D eigenvalue weighted by atomic mass is 16.6. The lowest BCUT2D eigenvalue weighted by atomic mass is 9.81. The lowest BCUT2D eigenvalue weighted by Gasteiger charge is -2.29. The third kappa shape index (κ3) is 4.63. The molecule has 0 spiro atoms. The zero-order valence-electron chi connectivity index (χ0n) is 17.6. The van der Waals surface area contributed by atoms with Crippen LogP contribution in [0.3, 0.4) is 0 Å². The lowest BCUT2D eigenvalue weighted by Crippen LogP contribution is -2.38. The molecule has 2 saturated carbocycles. The molecule has 2 heterocycles. The van der Waals surface area contributed by atoms with E-state index < -0.39 is 0 Å². The highest BCUT2D eigenvalue weighted by Gasteiger charge is 2.28. The smallest absolute Gasteiger partial charge is 0.255 e. The van der Waals surface area contributed by atoms with Gasteiger partial charge in [0, 0.05) is 24.4 Å². The van der Waals surface area contributed by atoms with Crippen LogP contribution >= 0.6 is 0 Å². The van der Waals surface area contributed by atoms with E-state index in [0.717, 1.165) is 54.6 Å². The molecule has 2 N–H and O–H groups in total. The van der Waals surface area contributed by atoms with Crippen molar-refractivity contribution in [3.8, 4) is 0 Å². The van der Waals surface area contributed by atoms with Crippen LogP contribution in [-0.4, -0.2) is 34.2 Å². The number of hydrogen-bond donors (Lipinski definition) is 2. The Morgan fingerprint density at radius 1 is 1.06 bits per heavy atom. The van der Waals surface area contributed by atoms with Crippen molar-refractivity contribution in [3.05, 3.63) is 66.0 Å². The molecule has 1 amide bonds. The predicted molar refractivity (Wildman–Crippen MR) is 121 cm³/mol. The quantitative estimate of drug-likeness (QED) is 0.433. The molecule has 160 valence electrons. The van der Waals surface area contributed by atoms with Crippen LogP contribution in [0.15, 0.2) is 60.0 Å². The molecule has 0 bridgehead atoms. The van der Waals surface area contributed by atoms with Gasteiger partial charge in [-0.3, -0.25) is 9.78 Å². The second kappa shape index (κ2) is 8.92. The van der Waals surface area contributed by atoms with Crippen LogP contribution in [0, 0.1) is 11.8 Å². The van der Waals surface area contributed by atoms with Crippen molar-refractivity contribution in [2.24, 2.45) is 17.0 Å². The Morgan fingerprint density at radius 2 is 1.87 bits per heavy atom. The fourth-order valence-corrected chi connectivity index (χ4v) is 4.37. The number of nitrogens with one attached hydrogen (secondary N) is 2. The van der Waals surface area contributed by atoms with Crippen LogP contribution in [0.5, 0.6) is 0 Å². The van der Waals surface area contributed by atoms with E-state index in [9.17, 15) is 4.79 Å². The molecule has 6 nitrogen and oxygen atoms in total. The molecule has 6 heteroatoms. The van der Waals surface area contributed by atoms with E-state index in [0.29, 0.717) is 17.4 Å². The number of oxime groups is 1. The molecule has 2 aliphatic rings. The second-order valence-corrected chi connectivity index (χ2v) is 8.71. The number of nitrogens with zero attached hydrogens (tertiary/aromatic N) is 2. The van der Waals surface area contributed by atoms with Crippen LogP contribution < -0.4 is 5.32 Å². The number of H-pyrrole nitrogens is 1. The average Bonchev–Trinajstić information content (AvgIpc) is 3.54. The van der Waals surface area contributed by atoms with Crippen LogP contribution in [0.1, 0.15) is 54.4 Å². The standard InChI is InChI=1S/C25H28N4O2/c30-25(21-15-27-22-7-4-14-26-24(21)22)28-20-12-10-19(11-13-20)23(18-5-2-1-3-6-18)29-31-16-17-8-9-17/h1-7,14-15,17,19-20,27H,8-13,16H2,(H,28,30)/b29-23+. The van der Waals surface area contributed by atoms with Crippen LogP contribution in [0.4, 0.5) is 0 Å². The molecule has 3 aromatic rings. The Labute approximate surface area is 182 Å². The summed E-state index contributed by atoms with van der Waals surface area (Å²) < 4.78 is 0.